The number of alkyl halides is 2. The Morgan fingerprint density at radius 1 is 1.33 bits per heavy atom. The quantitative estimate of drug-likeness (QED) is 0.843. The van der Waals surface area contributed by atoms with E-state index < -0.39 is 6.61 Å². The third-order valence-electron chi connectivity index (χ3n) is 2.73. The van der Waals surface area contributed by atoms with Crippen molar-refractivity contribution in [2.45, 2.75) is 19.7 Å². The molecule has 21 heavy (non-hydrogen) atoms. The van der Waals surface area contributed by atoms with Crippen molar-refractivity contribution in [1.29, 1.82) is 0 Å². The molecule has 0 saturated carbocycles. The zero-order valence-electron chi connectivity index (χ0n) is 11.7. The molecular formula is C13H16F2N4O2. The predicted molar refractivity (Wildman–Crippen MR) is 71.2 cm³/mol. The van der Waals surface area contributed by atoms with Crippen molar-refractivity contribution >= 4 is 0 Å². The fourth-order valence-corrected chi connectivity index (χ4v) is 1.86. The summed E-state index contributed by atoms with van der Waals surface area (Å²) in [5.74, 6) is 0.929. The van der Waals surface area contributed by atoms with Crippen LogP contribution in [0.3, 0.4) is 0 Å². The van der Waals surface area contributed by atoms with Crippen molar-refractivity contribution in [2.24, 2.45) is 7.05 Å². The summed E-state index contributed by atoms with van der Waals surface area (Å²) < 4.78 is 36.1. The molecule has 0 aliphatic rings. The molecule has 0 bridgehead atoms. The maximum atomic E-state index is 12.5. The topological polar surface area (TPSA) is 61.2 Å². The Bertz CT molecular complexity index is 589. The summed E-state index contributed by atoms with van der Waals surface area (Å²) >= 11 is 0. The van der Waals surface area contributed by atoms with Crippen LogP contribution in [0.1, 0.15) is 11.4 Å². The Balaban J connectivity index is 2.04. The second kappa shape index (κ2) is 6.98. The maximum Gasteiger partial charge on any atom is 0.387 e. The molecule has 1 N–H and O–H groups in total. The summed E-state index contributed by atoms with van der Waals surface area (Å²) in [6.07, 6.45) is 1.59. The zero-order valence-corrected chi connectivity index (χ0v) is 11.7. The van der Waals surface area contributed by atoms with Crippen molar-refractivity contribution in [3.05, 3.63) is 35.9 Å². The summed E-state index contributed by atoms with van der Waals surface area (Å²) in [6.45, 7) is -2.15. The number of aryl methyl sites for hydroxylation is 1. The normalized spacial score (nSPS) is 10.9. The van der Waals surface area contributed by atoms with Gasteiger partial charge in [0, 0.05) is 19.2 Å². The van der Waals surface area contributed by atoms with Gasteiger partial charge in [0.05, 0.1) is 13.7 Å². The number of nitrogens with one attached hydrogen (secondary N) is 1. The molecule has 0 saturated heterocycles. The highest BCUT2D eigenvalue weighted by atomic mass is 19.3. The Morgan fingerprint density at radius 3 is 2.76 bits per heavy atom. The lowest BCUT2D eigenvalue weighted by Crippen LogP contribution is -2.16. The van der Waals surface area contributed by atoms with E-state index >= 15 is 0 Å². The van der Waals surface area contributed by atoms with Crippen LogP contribution in [0.4, 0.5) is 8.78 Å². The van der Waals surface area contributed by atoms with Gasteiger partial charge in [0.2, 0.25) is 0 Å². The highest BCUT2D eigenvalue weighted by Gasteiger charge is 2.15. The molecule has 0 aliphatic heterocycles. The Hall–Kier alpha value is -2.22. The van der Waals surface area contributed by atoms with Gasteiger partial charge in [-0.25, -0.2) is 4.98 Å². The highest BCUT2D eigenvalue weighted by Crippen LogP contribution is 2.32. The number of para-hydroxylation sites is 1. The van der Waals surface area contributed by atoms with Crippen molar-refractivity contribution in [3.63, 3.8) is 0 Å². The fraction of sp³-hybridized carbons (Fsp3) is 0.385. The number of hydrogen-bond donors (Lipinski definition) is 1. The van der Waals surface area contributed by atoms with E-state index in [1.54, 1.807) is 36.3 Å². The number of methoxy groups -OCH3 is 1. The molecule has 0 atom stereocenters. The van der Waals surface area contributed by atoms with Crippen molar-refractivity contribution in [1.82, 2.24) is 20.1 Å². The van der Waals surface area contributed by atoms with Crippen LogP contribution in [0, 0.1) is 0 Å². The molecule has 6 nitrogen and oxygen atoms in total. The lowest BCUT2D eigenvalue weighted by Gasteiger charge is -2.14. The molecule has 0 radical (unpaired) electrons. The number of hydrogen-bond acceptors (Lipinski definition) is 5. The molecular weight excluding hydrogens is 282 g/mol. The van der Waals surface area contributed by atoms with Gasteiger partial charge in [0.15, 0.2) is 17.3 Å². The first kappa shape index (κ1) is 15.2. The Labute approximate surface area is 120 Å². The molecule has 8 heteroatoms. The van der Waals surface area contributed by atoms with E-state index in [0.29, 0.717) is 24.5 Å². The molecule has 1 heterocycles. The van der Waals surface area contributed by atoms with E-state index in [0.717, 1.165) is 0 Å². The van der Waals surface area contributed by atoms with Gasteiger partial charge in [-0.05, 0) is 6.07 Å². The Kier molecular flexibility index (Phi) is 5.04. The molecule has 0 fully saturated rings. The molecule has 2 aromatic rings. The lowest BCUT2D eigenvalue weighted by molar-refractivity contribution is -0.0518. The summed E-state index contributed by atoms with van der Waals surface area (Å²) in [5, 5.41) is 7.19. The largest absolute Gasteiger partial charge is 0.493 e. The van der Waals surface area contributed by atoms with Crippen LogP contribution in [0.5, 0.6) is 11.5 Å². The van der Waals surface area contributed by atoms with Crippen LogP contribution in [0.2, 0.25) is 0 Å². The first-order valence-electron chi connectivity index (χ1n) is 6.26. The molecule has 114 valence electrons. The third-order valence-corrected chi connectivity index (χ3v) is 2.73. The minimum Gasteiger partial charge on any atom is -0.493 e. The molecule has 0 spiro atoms. The minimum absolute atomic E-state index is 0.0384. The van der Waals surface area contributed by atoms with Crippen molar-refractivity contribution < 1.29 is 18.3 Å². The lowest BCUT2D eigenvalue weighted by atomic mass is 10.2. The van der Waals surface area contributed by atoms with Gasteiger partial charge in [-0.15, -0.1) is 0 Å². The van der Waals surface area contributed by atoms with Gasteiger partial charge in [-0.1, -0.05) is 12.1 Å². The summed E-state index contributed by atoms with van der Waals surface area (Å²) in [4.78, 5) is 4.06. The fourth-order valence-electron chi connectivity index (χ4n) is 1.86. The average Bonchev–Trinajstić information content (AvgIpc) is 2.85. The van der Waals surface area contributed by atoms with Crippen LogP contribution in [0.15, 0.2) is 24.5 Å². The van der Waals surface area contributed by atoms with E-state index in [1.165, 1.54) is 7.11 Å². The van der Waals surface area contributed by atoms with Crippen LogP contribution in [-0.4, -0.2) is 28.5 Å². The zero-order chi connectivity index (χ0) is 15.2. The molecule has 1 aromatic heterocycles. The van der Waals surface area contributed by atoms with Crippen LogP contribution in [0.25, 0.3) is 0 Å². The predicted octanol–water partition coefficient (Wildman–Crippen LogP) is 1.71. The first-order valence-corrected chi connectivity index (χ1v) is 6.26. The van der Waals surface area contributed by atoms with E-state index in [9.17, 15) is 8.78 Å². The number of ether oxygens (including phenoxy) is 2. The number of benzene rings is 1. The SMILES string of the molecule is COc1cccc(CNCc2ncn(C)n2)c1OC(F)F. The van der Waals surface area contributed by atoms with Gasteiger partial charge in [0.25, 0.3) is 0 Å². The second-order valence-electron chi connectivity index (χ2n) is 4.27. The average molecular weight is 298 g/mol. The molecule has 0 aliphatic carbocycles. The molecule has 2 rings (SSSR count). The van der Waals surface area contributed by atoms with Crippen LogP contribution < -0.4 is 14.8 Å². The number of nitrogens with zero attached hydrogens (tertiary/aromatic N) is 3. The maximum absolute atomic E-state index is 12.5. The Morgan fingerprint density at radius 2 is 2.14 bits per heavy atom. The van der Waals surface area contributed by atoms with E-state index in [-0.39, 0.29) is 11.5 Å². The summed E-state index contributed by atoms with van der Waals surface area (Å²) in [7, 11) is 3.18. The van der Waals surface area contributed by atoms with Crippen LogP contribution in [-0.2, 0) is 20.1 Å². The van der Waals surface area contributed by atoms with Gasteiger partial charge >= 0.3 is 6.61 Å². The van der Waals surface area contributed by atoms with E-state index in [4.69, 9.17) is 4.74 Å². The highest BCUT2D eigenvalue weighted by molar-refractivity contribution is 5.46. The third kappa shape index (κ3) is 4.12. The van der Waals surface area contributed by atoms with Gasteiger partial charge in [0.1, 0.15) is 6.33 Å². The molecule has 0 unspecified atom stereocenters. The number of halogens is 2. The van der Waals surface area contributed by atoms with Gasteiger partial charge in [-0.2, -0.15) is 13.9 Å². The monoisotopic (exact) mass is 298 g/mol. The van der Waals surface area contributed by atoms with E-state index in [1.807, 2.05) is 0 Å². The molecule has 0 amide bonds. The van der Waals surface area contributed by atoms with Gasteiger partial charge in [-0.3, -0.25) is 4.68 Å². The van der Waals surface area contributed by atoms with Crippen molar-refractivity contribution in [3.8, 4) is 11.5 Å². The van der Waals surface area contributed by atoms with E-state index in [2.05, 4.69) is 20.1 Å². The molecule has 1 aromatic carbocycles. The van der Waals surface area contributed by atoms with Crippen LogP contribution >= 0.6 is 0 Å². The van der Waals surface area contributed by atoms with Gasteiger partial charge < -0.3 is 14.8 Å². The van der Waals surface area contributed by atoms with Crippen molar-refractivity contribution in [2.75, 3.05) is 7.11 Å². The summed E-state index contributed by atoms with van der Waals surface area (Å²) in [6, 6.07) is 4.98. The second-order valence-corrected chi connectivity index (χ2v) is 4.27. The smallest absolute Gasteiger partial charge is 0.387 e. The number of aromatic nitrogens is 3. The number of rotatable bonds is 7. The standard InChI is InChI=1S/C13H16F2N4O2/c1-19-8-17-11(18-19)7-16-6-9-4-3-5-10(20-2)12(9)21-13(14)15/h3-5,8,13,16H,6-7H2,1-2H3. The first-order chi connectivity index (χ1) is 10.1. The minimum atomic E-state index is -2.91. The summed E-state index contributed by atoms with van der Waals surface area (Å²) in [5.41, 5.74) is 0.575.